The lowest BCUT2D eigenvalue weighted by atomic mass is 9.79. The van der Waals surface area contributed by atoms with Crippen LogP contribution >= 0.6 is 0 Å². The van der Waals surface area contributed by atoms with Gasteiger partial charge >= 0.3 is 7.12 Å². The van der Waals surface area contributed by atoms with Gasteiger partial charge in [0.15, 0.2) is 0 Å². The lowest BCUT2D eigenvalue weighted by molar-refractivity contribution is -0.0116. The molecule has 3 aliphatic rings. The Morgan fingerprint density at radius 3 is 2.32 bits per heavy atom. The van der Waals surface area contributed by atoms with Crippen LogP contribution in [0.3, 0.4) is 0 Å². The number of hydrogen-bond donors (Lipinski definition) is 0. The van der Waals surface area contributed by atoms with E-state index in [4.69, 9.17) is 14.0 Å². The summed E-state index contributed by atoms with van der Waals surface area (Å²) in [6.07, 6.45) is 0. The molecule has 1 aromatic rings. The molecule has 0 unspecified atom stereocenters. The zero-order chi connectivity index (χ0) is 17.7. The summed E-state index contributed by atoms with van der Waals surface area (Å²) in [5.41, 5.74) is 1.76. The van der Waals surface area contributed by atoms with Gasteiger partial charge in [0.05, 0.1) is 30.5 Å². The predicted molar refractivity (Wildman–Crippen MR) is 101 cm³/mol. The molecular weight excluding hydrogens is 315 g/mol. The second kappa shape index (κ2) is 6.27. The summed E-state index contributed by atoms with van der Waals surface area (Å²) in [5, 5.41) is 0. The third-order valence-electron chi connectivity index (χ3n) is 6.22. The van der Waals surface area contributed by atoms with Gasteiger partial charge in [0.25, 0.3) is 0 Å². The van der Waals surface area contributed by atoms with E-state index in [9.17, 15) is 0 Å². The van der Waals surface area contributed by atoms with Crippen LogP contribution in [0.2, 0.25) is 0 Å². The monoisotopic (exact) mass is 344 g/mol. The van der Waals surface area contributed by atoms with Crippen LogP contribution in [0, 0.1) is 0 Å². The lowest BCUT2D eigenvalue weighted by Crippen LogP contribution is -2.58. The highest BCUT2D eigenvalue weighted by atomic mass is 16.7. The molecule has 0 amide bonds. The highest BCUT2D eigenvalue weighted by Crippen LogP contribution is 2.36. The average molecular weight is 344 g/mol. The smallest absolute Gasteiger partial charge is 0.399 e. The number of benzene rings is 1. The molecule has 25 heavy (non-hydrogen) atoms. The van der Waals surface area contributed by atoms with Gasteiger partial charge in [-0.05, 0) is 45.3 Å². The maximum Gasteiger partial charge on any atom is 0.494 e. The van der Waals surface area contributed by atoms with Crippen molar-refractivity contribution in [2.45, 2.75) is 44.9 Å². The Balaban J connectivity index is 1.44. The van der Waals surface area contributed by atoms with Gasteiger partial charge in [0.2, 0.25) is 0 Å². The number of anilines is 1. The van der Waals surface area contributed by atoms with E-state index in [2.05, 4.69) is 61.8 Å². The quantitative estimate of drug-likeness (QED) is 0.760. The van der Waals surface area contributed by atoms with Crippen molar-refractivity contribution < 1.29 is 14.0 Å². The highest BCUT2D eigenvalue weighted by molar-refractivity contribution is 6.62. The lowest BCUT2D eigenvalue weighted by Gasteiger charge is -2.44. The topological polar surface area (TPSA) is 34.2 Å². The van der Waals surface area contributed by atoms with Gasteiger partial charge in [-0.2, -0.15) is 0 Å². The first-order chi connectivity index (χ1) is 11.9. The molecule has 0 N–H and O–H groups in total. The minimum absolute atomic E-state index is 0.289. The van der Waals surface area contributed by atoms with Crippen molar-refractivity contribution in [3.63, 3.8) is 0 Å². The van der Waals surface area contributed by atoms with Gasteiger partial charge in [-0.15, -0.1) is 0 Å². The van der Waals surface area contributed by atoms with Gasteiger partial charge in [-0.25, -0.2) is 0 Å². The van der Waals surface area contributed by atoms with E-state index in [1.165, 1.54) is 5.69 Å². The molecule has 3 saturated heterocycles. The molecule has 0 radical (unpaired) electrons. The summed E-state index contributed by atoms with van der Waals surface area (Å²) in [7, 11) is -0.289. The van der Waals surface area contributed by atoms with Crippen molar-refractivity contribution >= 4 is 18.3 Å². The summed E-state index contributed by atoms with van der Waals surface area (Å²) in [5.74, 6) is 0. The van der Waals surface area contributed by atoms with Gasteiger partial charge < -0.3 is 18.9 Å². The van der Waals surface area contributed by atoms with Crippen LogP contribution in [0.5, 0.6) is 0 Å². The maximum absolute atomic E-state index is 6.15. The summed E-state index contributed by atoms with van der Waals surface area (Å²) in [6, 6.07) is 9.19. The molecule has 3 fully saturated rings. The average Bonchev–Trinajstić information content (AvgIpc) is 2.82. The van der Waals surface area contributed by atoms with Crippen molar-refractivity contribution in [3.8, 4) is 0 Å². The van der Waals surface area contributed by atoms with E-state index >= 15 is 0 Å². The van der Waals surface area contributed by atoms with Gasteiger partial charge in [0, 0.05) is 31.9 Å². The fourth-order valence-electron chi connectivity index (χ4n) is 3.80. The molecule has 0 saturated carbocycles. The molecule has 136 valence electrons. The largest absolute Gasteiger partial charge is 0.494 e. The molecule has 6 heteroatoms. The first-order valence-corrected chi connectivity index (χ1v) is 9.38. The molecule has 3 heterocycles. The summed E-state index contributed by atoms with van der Waals surface area (Å²) in [6.45, 7) is 14.4. The Morgan fingerprint density at radius 1 is 0.960 bits per heavy atom. The standard InChI is InChI=1S/C19H29BN2O3/c1-18(2)19(3,4)25-20(24-18)15-5-7-16(8-6-15)22-10-9-21-11-12-23-14-17(21)13-22/h5-8,17H,9-14H2,1-4H3/t17-/m1/s1. The van der Waals surface area contributed by atoms with Crippen LogP contribution in [-0.4, -0.2) is 68.7 Å². The van der Waals surface area contributed by atoms with Crippen molar-refractivity contribution in [1.29, 1.82) is 0 Å². The molecule has 5 nitrogen and oxygen atoms in total. The normalized spacial score (nSPS) is 28.9. The van der Waals surface area contributed by atoms with E-state index in [1.807, 2.05) is 0 Å². The second-order valence-electron chi connectivity index (χ2n) is 8.39. The van der Waals surface area contributed by atoms with Crippen LogP contribution < -0.4 is 10.4 Å². The van der Waals surface area contributed by atoms with Crippen LogP contribution in [0.15, 0.2) is 24.3 Å². The van der Waals surface area contributed by atoms with E-state index < -0.39 is 0 Å². The fraction of sp³-hybridized carbons (Fsp3) is 0.684. The molecule has 1 atom stereocenters. The van der Waals surface area contributed by atoms with Crippen LogP contribution in [0.1, 0.15) is 27.7 Å². The van der Waals surface area contributed by atoms with Crippen LogP contribution in [0.25, 0.3) is 0 Å². The Labute approximate surface area is 151 Å². The molecular formula is C19H29BN2O3. The molecule has 1 aromatic carbocycles. The van der Waals surface area contributed by atoms with E-state index in [0.29, 0.717) is 6.04 Å². The summed E-state index contributed by atoms with van der Waals surface area (Å²) >= 11 is 0. The number of morpholine rings is 1. The van der Waals surface area contributed by atoms with Crippen molar-refractivity contribution in [3.05, 3.63) is 24.3 Å². The number of piperazine rings is 1. The number of rotatable bonds is 2. The Bertz CT molecular complexity index is 604. The van der Waals surface area contributed by atoms with Gasteiger partial charge in [-0.3, -0.25) is 4.90 Å². The summed E-state index contributed by atoms with van der Waals surface area (Å²) in [4.78, 5) is 5.02. The maximum atomic E-state index is 6.15. The molecule has 0 spiro atoms. The highest BCUT2D eigenvalue weighted by Gasteiger charge is 2.51. The third kappa shape index (κ3) is 3.21. The van der Waals surface area contributed by atoms with Crippen molar-refractivity contribution in [2.24, 2.45) is 0 Å². The molecule has 4 rings (SSSR count). The number of ether oxygens (including phenoxy) is 1. The van der Waals surface area contributed by atoms with Gasteiger partial charge in [0.1, 0.15) is 0 Å². The zero-order valence-corrected chi connectivity index (χ0v) is 15.8. The Morgan fingerprint density at radius 2 is 1.64 bits per heavy atom. The molecule has 3 aliphatic heterocycles. The zero-order valence-electron chi connectivity index (χ0n) is 15.8. The third-order valence-corrected chi connectivity index (χ3v) is 6.22. The van der Waals surface area contributed by atoms with Gasteiger partial charge in [-0.1, -0.05) is 12.1 Å². The van der Waals surface area contributed by atoms with Crippen molar-refractivity contribution in [2.75, 3.05) is 44.3 Å². The number of fused-ring (bicyclic) bond motifs is 1. The molecule has 0 aromatic heterocycles. The Kier molecular flexibility index (Phi) is 4.35. The minimum atomic E-state index is -0.298. The first kappa shape index (κ1) is 17.3. The SMILES string of the molecule is CC1(C)OB(c2ccc(N3CCN4CCOC[C@H]4C3)cc2)OC1(C)C. The minimum Gasteiger partial charge on any atom is -0.399 e. The molecule has 0 aliphatic carbocycles. The molecule has 0 bridgehead atoms. The van der Waals surface area contributed by atoms with E-state index in [1.54, 1.807) is 0 Å². The second-order valence-corrected chi connectivity index (χ2v) is 8.39. The number of hydrogen-bond acceptors (Lipinski definition) is 5. The van der Waals surface area contributed by atoms with E-state index in [-0.39, 0.29) is 18.3 Å². The number of nitrogens with zero attached hydrogens (tertiary/aromatic N) is 2. The van der Waals surface area contributed by atoms with Crippen LogP contribution in [0.4, 0.5) is 5.69 Å². The fourth-order valence-corrected chi connectivity index (χ4v) is 3.80. The summed E-state index contributed by atoms with van der Waals surface area (Å²) < 4.78 is 17.9. The van der Waals surface area contributed by atoms with Crippen LogP contribution in [-0.2, 0) is 14.0 Å². The van der Waals surface area contributed by atoms with Crippen molar-refractivity contribution in [1.82, 2.24) is 4.90 Å². The Hall–Kier alpha value is -1.08. The predicted octanol–water partition coefficient (Wildman–Crippen LogP) is 1.51. The van der Waals surface area contributed by atoms with E-state index in [0.717, 1.165) is 44.9 Å². The first-order valence-electron chi connectivity index (χ1n) is 9.38.